The molecule has 2 atom stereocenters. The van der Waals surface area contributed by atoms with Crippen LogP contribution >= 0.6 is 0 Å². The molecule has 0 saturated carbocycles. The van der Waals surface area contributed by atoms with E-state index >= 15 is 0 Å². The molecule has 2 saturated heterocycles. The SMILES string of the molecule is COC1=C=CC2=C(C=C1c1ccc([C@@H]3CN(CC4CCOC4)CCN3C(=O)Cc3cc(C(F)(F)F)nc4ccc(OC)cc34)nn1)CCC=C2. The van der Waals surface area contributed by atoms with Crippen molar-refractivity contribution in [1.29, 1.82) is 0 Å². The van der Waals surface area contributed by atoms with Gasteiger partial charge in [0.05, 0.1) is 55.8 Å². The highest BCUT2D eigenvalue weighted by Crippen LogP contribution is 2.35. The number of amides is 1. The van der Waals surface area contributed by atoms with Gasteiger partial charge in [-0.2, -0.15) is 23.4 Å². The predicted molar refractivity (Wildman–Crippen MR) is 181 cm³/mol. The summed E-state index contributed by atoms with van der Waals surface area (Å²) in [6.07, 6.45) is 6.11. The number of pyridine rings is 1. The van der Waals surface area contributed by atoms with Gasteiger partial charge in [0.2, 0.25) is 5.91 Å². The van der Waals surface area contributed by atoms with Crippen LogP contribution in [0.25, 0.3) is 16.5 Å². The normalized spacial score (nSPS) is 21.2. The number of rotatable bonds is 8. The summed E-state index contributed by atoms with van der Waals surface area (Å²) < 4.78 is 58.4. The summed E-state index contributed by atoms with van der Waals surface area (Å²) in [5, 5.41) is 9.72. The number of halogens is 3. The van der Waals surface area contributed by atoms with Crippen LogP contribution in [0.2, 0.25) is 0 Å². The largest absolute Gasteiger partial charge is 0.497 e. The monoisotopic (exact) mass is 685 g/mol. The molecule has 0 bridgehead atoms. The summed E-state index contributed by atoms with van der Waals surface area (Å²) in [4.78, 5) is 22.1. The standard InChI is InChI=1S/C38H38F3N5O4/c1-48-28-8-9-31-29(20-28)27(18-36(42-31)38(39,40)41)19-37(47)46-15-14-45(21-24-13-16-50-23-24)22-34(46)33-11-10-32(43-44-33)30-17-26-6-4-3-5-25(26)7-12-35(30)49-2/h3,5,7-11,17-18,20,24,34H,4,6,13-16,19,21-23H2,1-2H3/t24?,34-/m0/s1. The first-order chi connectivity index (χ1) is 24.2. The van der Waals surface area contributed by atoms with Gasteiger partial charge in [0.25, 0.3) is 0 Å². The van der Waals surface area contributed by atoms with Crippen LogP contribution in [-0.2, 0) is 26.9 Å². The summed E-state index contributed by atoms with van der Waals surface area (Å²) in [7, 11) is 3.08. The molecule has 1 amide bonds. The highest BCUT2D eigenvalue weighted by molar-refractivity contribution is 5.89. The molecule has 260 valence electrons. The molecular formula is C38H38F3N5O4. The number of ether oxygens (including phenoxy) is 3. The van der Waals surface area contributed by atoms with E-state index in [1.54, 1.807) is 24.1 Å². The summed E-state index contributed by atoms with van der Waals surface area (Å²) in [5.41, 5.74) is 6.80. The van der Waals surface area contributed by atoms with Crippen LogP contribution in [0.3, 0.4) is 0 Å². The Morgan fingerprint density at radius 2 is 1.98 bits per heavy atom. The van der Waals surface area contributed by atoms with Crippen molar-refractivity contribution in [1.82, 2.24) is 25.0 Å². The molecule has 0 N–H and O–H groups in total. The van der Waals surface area contributed by atoms with E-state index in [-0.39, 0.29) is 23.4 Å². The summed E-state index contributed by atoms with van der Waals surface area (Å²) in [6, 6.07) is 8.92. The van der Waals surface area contributed by atoms with Crippen LogP contribution < -0.4 is 4.74 Å². The Hall–Kier alpha value is -4.77. The second kappa shape index (κ2) is 14.2. The first kappa shape index (κ1) is 33.7. The highest BCUT2D eigenvalue weighted by Gasteiger charge is 2.36. The molecule has 1 unspecified atom stereocenters. The fourth-order valence-corrected chi connectivity index (χ4v) is 7.09. The smallest absolute Gasteiger partial charge is 0.433 e. The minimum Gasteiger partial charge on any atom is -0.497 e. The van der Waals surface area contributed by atoms with Gasteiger partial charge in [0, 0.05) is 38.2 Å². The molecule has 3 aromatic rings. The van der Waals surface area contributed by atoms with Gasteiger partial charge in [-0.3, -0.25) is 9.69 Å². The van der Waals surface area contributed by atoms with Gasteiger partial charge in [-0.25, -0.2) is 4.98 Å². The second-order valence-corrected chi connectivity index (χ2v) is 13.0. The van der Waals surface area contributed by atoms with Crippen LogP contribution in [-0.4, -0.2) is 84.5 Å². The molecule has 2 fully saturated rings. The van der Waals surface area contributed by atoms with E-state index < -0.39 is 17.9 Å². The van der Waals surface area contributed by atoms with Gasteiger partial charge in [0.15, 0.2) is 5.76 Å². The van der Waals surface area contributed by atoms with Crippen molar-refractivity contribution in [2.75, 3.05) is 53.6 Å². The van der Waals surface area contributed by atoms with Crippen LogP contribution in [0, 0.1) is 5.92 Å². The summed E-state index contributed by atoms with van der Waals surface area (Å²) in [6.45, 7) is 3.77. The van der Waals surface area contributed by atoms with Gasteiger partial charge in [-0.05, 0) is 90.4 Å². The molecule has 0 spiro atoms. The molecular weight excluding hydrogens is 647 g/mol. The zero-order valence-electron chi connectivity index (χ0n) is 28.0. The Labute approximate surface area is 288 Å². The van der Waals surface area contributed by atoms with E-state index in [2.05, 4.69) is 44.0 Å². The molecule has 2 aliphatic heterocycles. The zero-order valence-corrected chi connectivity index (χ0v) is 28.0. The Morgan fingerprint density at radius 1 is 1.10 bits per heavy atom. The third-order valence-electron chi connectivity index (χ3n) is 9.74. The number of nitrogens with zero attached hydrogens (tertiary/aromatic N) is 5. The maximum Gasteiger partial charge on any atom is 0.433 e. The lowest BCUT2D eigenvalue weighted by Gasteiger charge is -2.42. The molecule has 12 heteroatoms. The molecule has 7 rings (SSSR count). The molecule has 9 nitrogen and oxygen atoms in total. The fraction of sp³-hybridized carbons (Fsp3) is 0.395. The summed E-state index contributed by atoms with van der Waals surface area (Å²) >= 11 is 0. The Kier molecular flexibility index (Phi) is 9.59. The number of alkyl halides is 3. The van der Waals surface area contributed by atoms with Crippen LogP contribution in [0.5, 0.6) is 5.75 Å². The molecule has 0 radical (unpaired) electrons. The van der Waals surface area contributed by atoms with Gasteiger partial charge in [-0.15, -0.1) is 0 Å². The number of methoxy groups -OCH3 is 2. The molecule has 2 aliphatic carbocycles. The molecule has 4 aliphatic rings. The van der Waals surface area contributed by atoms with Crippen LogP contribution in [0.15, 0.2) is 83.3 Å². The molecule has 50 heavy (non-hydrogen) atoms. The number of piperazine rings is 1. The number of benzene rings is 1. The van der Waals surface area contributed by atoms with E-state index in [1.165, 1.54) is 18.7 Å². The summed E-state index contributed by atoms with van der Waals surface area (Å²) in [5.74, 6) is 1.10. The van der Waals surface area contributed by atoms with Crippen LogP contribution in [0.1, 0.15) is 47.9 Å². The van der Waals surface area contributed by atoms with E-state index in [4.69, 9.17) is 14.2 Å². The maximum absolute atomic E-state index is 14.2. The Bertz CT molecular complexity index is 1940. The number of hydrogen-bond acceptors (Lipinski definition) is 8. The first-order valence-electron chi connectivity index (χ1n) is 16.8. The van der Waals surface area contributed by atoms with E-state index in [1.807, 2.05) is 18.2 Å². The van der Waals surface area contributed by atoms with Crippen molar-refractivity contribution in [3.05, 3.63) is 106 Å². The number of carbonyl (C=O) groups is 1. The minimum absolute atomic E-state index is 0.143. The first-order valence-corrected chi connectivity index (χ1v) is 16.8. The van der Waals surface area contributed by atoms with Crippen molar-refractivity contribution in [2.24, 2.45) is 5.92 Å². The molecule has 2 aromatic heterocycles. The van der Waals surface area contributed by atoms with Crippen molar-refractivity contribution in [2.45, 2.75) is 37.9 Å². The van der Waals surface area contributed by atoms with Gasteiger partial charge in [-0.1, -0.05) is 17.9 Å². The van der Waals surface area contributed by atoms with Gasteiger partial charge >= 0.3 is 6.18 Å². The lowest BCUT2D eigenvalue weighted by Crippen LogP contribution is -2.52. The zero-order chi connectivity index (χ0) is 34.8. The lowest BCUT2D eigenvalue weighted by atomic mass is 9.96. The third-order valence-corrected chi connectivity index (χ3v) is 9.74. The Balaban J connectivity index is 1.21. The van der Waals surface area contributed by atoms with E-state index in [0.717, 1.165) is 49.6 Å². The van der Waals surface area contributed by atoms with Crippen molar-refractivity contribution in [3.8, 4) is 5.75 Å². The average Bonchev–Trinajstić information content (AvgIpc) is 3.56. The minimum atomic E-state index is -4.67. The topological polar surface area (TPSA) is 89.9 Å². The highest BCUT2D eigenvalue weighted by atomic mass is 19.4. The quantitative estimate of drug-likeness (QED) is 0.258. The fourth-order valence-electron chi connectivity index (χ4n) is 7.09. The lowest BCUT2D eigenvalue weighted by molar-refractivity contribution is -0.141. The number of fused-ring (bicyclic) bond motifs is 1. The second-order valence-electron chi connectivity index (χ2n) is 13.0. The van der Waals surface area contributed by atoms with Crippen LogP contribution in [0.4, 0.5) is 13.2 Å². The number of carbonyl (C=O) groups excluding carboxylic acids is 1. The number of hydrogen-bond donors (Lipinski definition) is 0. The number of allylic oxidation sites excluding steroid dienone is 6. The Morgan fingerprint density at radius 3 is 2.72 bits per heavy atom. The van der Waals surface area contributed by atoms with Gasteiger partial charge < -0.3 is 19.1 Å². The molecule has 1 aromatic carbocycles. The van der Waals surface area contributed by atoms with E-state index in [0.29, 0.717) is 60.4 Å². The number of aromatic nitrogens is 3. The maximum atomic E-state index is 14.2. The molecule has 4 heterocycles. The third kappa shape index (κ3) is 7.10. The van der Waals surface area contributed by atoms with E-state index in [9.17, 15) is 18.0 Å². The van der Waals surface area contributed by atoms with Crippen molar-refractivity contribution >= 4 is 22.4 Å². The predicted octanol–water partition coefficient (Wildman–Crippen LogP) is 6.25. The van der Waals surface area contributed by atoms with Crippen molar-refractivity contribution in [3.63, 3.8) is 0 Å². The van der Waals surface area contributed by atoms with Gasteiger partial charge in [0.1, 0.15) is 11.4 Å². The van der Waals surface area contributed by atoms with Crippen molar-refractivity contribution < 1.29 is 32.2 Å². The average molecular weight is 686 g/mol.